The van der Waals surface area contributed by atoms with E-state index >= 15 is 0 Å². The first-order chi connectivity index (χ1) is 6.61. The summed E-state index contributed by atoms with van der Waals surface area (Å²) in [4.78, 5) is 12.7. The topological polar surface area (TPSA) is 40.5 Å². The van der Waals surface area contributed by atoms with Gasteiger partial charge in [0.1, 0.15) is 0 Å². The molecule has 3 heteroatoms. The van der Waals surface area contributed by atoms with Crippen molar-refractivity contribution in [2.24, 2.45) is 0 Å². The summed E-state index contributed by atoms with van der Waals surface area (Å²) in [5, 5.41) is 8.98. The van der Waals surface area contributed by atoms with Crippen LogP contribution in [0.1, 0.15) is 5.56 Å². The van der Waals surface area contributed by atoms with Crippen LogP contribution in [-0.2, 0) is 4.79 Å². The normalized spacial score (nSPS) is 11.1. The molecule has 1 N–H and O–H groups in total. The summed E-state index contributed by atoms with van der Waals surface area (Å²) >= 11 is 0. The summed E-state index contributed by atoms with van der Waals surface area (Å²) < 4.78 is 0. The van der Waals surface area contributed by atoms with Crippen molar-refractivity contribution in [2.75, 3.05) is 14.1 Å². The van der Waals surface area contributed by atoms with Crippen LogP contribution in [0.15, 0.2) is 36.5 Å². The Kier molecular flexibility index (Phi) is 3.29. The van der Waals surface area contributed by atoms with E-state index in [1.165, 1.54) is 0 Å². The minimum absolute atomic E-state index is 0.301. The van der Waals surface area contributed by atoms with E-state index in [1.54, 1.807) is 37.3 Å². The predicted octanol–water partition coefficient (Wildman–Crippen LogP) is 1.67. The maximum Gasteiger partial charge on any atom is 0.337 e. The highest BCUT2D eigenvalue weighted by molar-refractivity contribution is 6.15. The lowest BCUT2D eigenvalue weighted by Crippen LogP contribution is -2.07. The highest BCUT2D eigenvalue weighted by Gasteiger charge is 2.09. The Labute approximate surface area is 83.3 Å². The Morgan fingerprint density at radius 1 is 1.29 bits per heavy atom. The van der Waals surface area contributed by atoms with Gasteiger partial charge in [0.2, 0.25) is 0 Å². The summed E-state index contributed by atoms with van der Waals surface area (Å²) in [6.45, 7) is 0. The van der Waals surface area contributed by atoms with Crippen LogP contribution >= 0.6 is 0 Å². The van der Waals surface area contributed by atoms with E-state index in [4.69, 9.17) is 5.11 Å². The van der Waals surface area contributed by atoms with Crippen LogP contribution in [0.2, 0.25) is 0 Å². The second-order valence-electron chi connectivity index (χ2n) is 3.18. The summed E-state index contributed by atoms with van der Waals surface area (Å²) in [7, 11) is 3.60. The van der Waals surface area contributed by atoms with Crippen molar-refractivity contribution in [2.45, 2.75) is 0 Å². The third kappa shape index (κ3) is 2.62. The highest BCUT2D eigenvalue weighted by Crippen LogP contribution is 2.14. The van der Waals surface area contributed by atoms with E-state index in [-0.39, 0.29) is 0 Å². The summed E-state index contributed by atoms with van der Waals surface area (Å²) in [6.07, 6.45) is 1.59. The number of hydrogen-bond donors (Lipinski definition) is 1. The third-order valence-electron chi connectivity index (χ3n) is 1.70. The molecule has 0 heterocycles. The van der Waals surface area contributed by atoms with Gasteiger partial charge in [-0.15, -0.1) is 0 Å². The molecule has 1 rings (SSSR count). The van der Waals surface area contributed by atoms with E-state index in [2.05, 4.69) is 0 Å². The maximum absolute atomic E-state index is 10.9. The first-order valence-corrected chi connectivity index (χ1v) is 4.28. The summed E-state index contributed by atoms with van der Waals surface area (Å²) in [5.41, 5.74) is 1.02. The number of benzene rings is 1. The lowest BCUT2D eigenvalue weighted by Gasteiger charge is -2.08. The average Bonchev–Trinajstić information content (AvgIpc) is 2.15. The second-order valence-corrected chi connectivity index (χ2v) is 3.18. The molecule has 1 aromatic rings. The fourth-order valence-corrected chi connectivity index (χ4v) is 1.13. The zero-order valence-corrected chi connectivity index (χ0v) is 8.27. The van der Waals surface area contributed by atoms with Crippen molar-refractivity contribution in [3.8, 4) is 0 Å². The molecule has 0 unspecified atom stereocenters. The molecule has 3 nitrogen and oxygen atoms in total. The molecule has 0 spiro atoms. The molecule has 0 radical (unpaired) electrons. The molecule has 0 amide bonds. The van der Waals surface area contributed by atoms with Crippen molar-refractivity contribution in [1.82, 2.24) is 4.90 Å². The Morgan fingerprint density at radius 2 is 1.86 bits per heavy atom. The van der Waals surface area contributed by atoms with Crippen LogP contribution in [0.3, 0.4) is 0 Å². The predicted molar refractivity (Wildman–Crippen MR) is 55.7 cm³/mol. The number of nitrogens with zero attached hydrogens (tertiary/aromatic N) is 1. The van der Waals surface area contributed by atoms with Crippen LogP contribution in [0.25, 0.3) is 5.57 Å². The Bertz CT molecular complexity index is 342. The number of carboxylic acid groups (broad SMARTS) is 1. The second kappa shape index (κ2) is 4.46. The molecule has 0 fully saturated rings. The largest absolute Gasteiger partial charge is 0.478 e. The van der Waals surface area contributed by atoms with Crippen molar-refractivity contribution in [3.63, 3.8) is 0 Å². The molecule has 0 saturated heterocycles. The van der Waals surface area contributed by atoms with Crippen LogP contribution in [0, 0.1) is 0 Å². The van der Waals surface area contributed by atoms with Gasteiger partial charge in [0, 0.05) is 20.3 Å². The van der Waals surface area contributed by atoms with E-state index in [9.17, 15) is 4.79 Å². The monoisotopic (exact) mass is 191 g/mol. The molecule has 0 aliphatic rings. The van der Waals surface area contributed by atoms with E-state index < -0.39 is 5.97 Å². The molecule has 1 aromatic carbocycles. The van der Waals surface area contributed by atoms with Gasteiger partial charge >= 0.3 is 5.97 Å². The fraction of sp³-hybridized carbons (Fsp3) is 0.182. The Hall–Kier alpha value is -1.77. The van der Waals surface area contributed by atoms with Gasteiger partial charge < -0.3 is 10.0 Å². The van der Waals surface area contributed by atoms with Gasteiger partial charge in [-0.05, 0) is 5.56 Å². The minimum atomic E-state index is -0.912. The van der Waals surface area contributed by atoms with Crippen molar-refractivity contribution >= 4 is 11.5 Å². The van der Waals surface area contributed by atoms with Crippen molar-refractivity contribution in [1.29, 1.82) is 0 Å². The van der Waals surface area contributed by atoms with Crippen LogP contribution in [-0.4, -0.2) is 30.1 Å². The van der Waals surface area contributed by atoms with Crippen molar-refractivity contribution in [3.05, 3.63) is 42.1 Å². The molecule has 0 aromatic heterocycles. The molecule has 0 aliphatic heterocycles. The molecule has 0 atom stereocenters. The zero-order chi connectivity index (χ0) is 10.6. The van der Waals surface area contributed by atoms with Gasteiger partial charge in [-0.25, -0.2) is 4.79 Å². The Morgan fingerprint density at radius 3 is 2.29 bits per heavy atom. The number of aliphatic carboxylic acids is 1. The molecule has 0 aliphatic carbocycles. The zero-order valence-electron chi connectivity index (χ0n) is 8.27. The maximum atomic E-state index is 10.9. The van der Waals surface area contributed by atoms with Gasteiger partial charge in [-0.2, -0.15) is 0 Å². The van der Waals surface area contributed by atoms with Crippen molar-refractivity contribution < 1.29 is 9.90 Å². The SMILES string of the molecule is CN(C)/C=C(\C(=O)O)c1ccccc1. The molecule has 0 bridgehead atoms. The number of hydrogen-bond acceptors (Lipinski definition) is 2. The summed E-state index contributed by atoms with van der Waals surface area (Å²) in [6, 6.07) is 9.06. The highest BCUT2D eigenvalue weighted by atomic mass is 16.4. The number of rotatable bonds is 3. The van der Waals surface area contributed by atoms with Gasteiger partial charge in [0.25, 0.3) is 0 Å². The van der Waals surface area contributed by atoms with Gasteiger partial charge in [0.05, 0.1) is 5.57 Å². The van der Waals surface area contributed by atoms with Gasteiger partial charge in [-0.1, -0.05) is 30.3 Å². The lowest BCUT2D eigenvalue weighted by molar-refractivity contribution is -0.130. The Balaban J connectivity index is 3.08. The van der Waals surface area contributed by atoms with Crippen LogP contribution < -0.4 is 0 Å². The standard InChI is InChI=1S/C11H13NO2/c1-12(2)8-10(11(13)14)9-6-4-3-5-7-9/h3-8H,1-2H3,(H,13,14)/b10-8-. The fourth-order valence-electron chi connectivity index (χ4n) is 1.13. The quantitative estimate of drug-likeness (QED) is 0.739. The number of carboxylic acids is 1. The van der Waals surface area contributed by atoms with Gasteiger partial charge in [0.15, 0.2) is 0 Å². The van der Waals surface area contributed by atoms with E-state index in [0.717, 1.165) is 0 Å². The van der Waals surface area contributed by atoms with E-state index in [0.29, 0.717) is 11.1 Å². The minimum Gasteiger partial charge on any atom is -0.478 e. The molecule has 14 heavy (non-hydrogen) atoms. The third-order valence-corrected chi connectivity index (χ3v) is 1.70. The molecular formula is C11H13NO2. The van der Waals surface area contributed by atoms with Crippen LogP contribution in [0.5, 0.6) is 0 Å². The molecular weight excluding hydrogens is 178 g/mol. The number of carbonyl (C=O) groups is 1. The van der Waals surface area contributed by atoms with E-state index in [1.807, 2.05) is 18.2 Å². The first-order valence-electron chi connectivity index (χ1n) is 4.28. The molecule has 0 saturated carbocycles. The van der Waals surface area contributed by atoms with Crippen LogP contribution in [0.4, 0.5) is 0 Å². The summed E-state index contributed by atoms with van der Waals surface area (Å²) in [5.74, 6) is -0.912. The first kappa shape index (κ1) is 10.3. The smallest absolute Gasteiger partial charge is 0.337 e. The lowest BCUT2D eigenvalue weighted by atomic mass is 10.1. The molecule has 74 valence electrons. The average molecular weight is 191 g/mol. The van der Waals surface area contributed by atoms with Gasteiger partial charge in [-0.3, -0.25) is 0 Å².